The molecule has 3 heterocycles. The number of methoxy groups -OCH3 is 1. The predicted octanol–water partition coefficient (Wildman–Crippen LogP) is 7.38. The van der Waals surface area contributed by atoms with E-state index in [0.717, 1.165) is 6.42 Å². The van der Waals surface area contributed by atoms with Crippen molar-refractivity contribution < 1.29 is 46.5 Å². The minimum Gasteiger partial charge on any atom is -0.497 e. The van der Waals surface area contributed by atoms with Gasteiger partial charge in [-0.15, -0.1) is 0 Å². The van der Waals surface area contributed by atoms with Crippen LogP contribution >= 0.6 is 0 Å². The molecule has 4 aliphatic rings. The molecule has 14 nitrogen and oxygen atoms in total. The number of carbonyl (C=O) groups excluding carboxylic acids is 4. The van der Waals surface area contributed by atoms with E-state index in [9.17, 15) is 22.8 Å². The molecule has 0 radical (unpaired) electrons. The number of rotatable bonds is 11. The largest absolute Gasteiger partial charge is 0.497 e. The number of ether oxygens (including phenoxy) is 4. The molecular weight excluding hydrogens is 825 g/mol. The van der Waals surface area contributed by atoms with Crippen molar-refractivity contribution in [3.63, 3.8) is 0 Å². The van der Waals surface area contributed by atoms with E-state index in [0.29, 0.717) is 65.9 Å². The van der Waals surface area contributed by atoms with Gasteiger partial charge >= 0.3 is 5.97 Å². The highest BCUT2D eigenvalue weighted by Gasteiger charge is 2.61. The maximum atomic E-state index is 15.1. The molecule has 2 aliphatic carbocycles. The summed E-state index contributed by atoms with van der Waals surface area (Å²) in [7, 11) is -2.32. The quantitative estimate of drug-likeness (QED) is 0.149. The second kappa shape index (κ2) is 18.2. The first kappa shape index (κ1) is 46.0. The van der Waals surface area contributed by atoms with E-state index in [4.69, 9.17) is 28.9 Å². The number of aromatic nitrogens is 2. The van der Waals surface area contributed by atoms with Crippen LogP contribution in [0.15, 0.2) is 54.6 Å². The van der Waals surface area contributed by atoms with Gasteiger partial charge in [-0.25, -0.2) is 13.4 Å². The molecule has 1 N–H and O–H groups in total. The Morgan fingerprint density at radius 3 is 2.37 bits per heavy atom. The Hall–Kier alpha value is -5.05. The Bertz CT molecular complexity index is 2360. The summed E-state index contributed by atoms with van der Waals surface area (Å²) in [5, 5.41) is -0.0283. The molecule has 2 aromatic carbocycles. The molecule has 63 heavy (non-hydrogen) atoms. The standard InChI is InChI=1S/C48H62N4O10S/c1-28(2)60-33-15-13-31(14-16-33)43-49-39-22-34(59-8)17-20-37(39)44(50-43)61-35-23-40-41(53)26-48(46(56)51-63(57,58)36-18-19-36)25-32(48)12-10-9-11-29(3)21-30(4)38(45(55)52(40)27-35)24-42(54)62-47(5,6)7/h10,12-17,20,22,28-30,32,35-36,38,40H,9,11,18-19,21,23-27H2,1-8H3,(H,51,56)/b12-10-/t29-,30-,32-,35-,38+,40+,48-/m1/s1. The van der Waals surface area contributed by atoms with E-state index in [1.807, 2.05) is 57.2 Å². The number of Topliss-reactive ketones (excluding diaryl/α,β-unsaturated/α-hetero) is 1. The molecule has 3 fully saturated rings. The molecule has 0 unspecified atom stereocenters. The smallest absolute Gasteiger partial charge is 0.307 e. The van der Waals surface area contributed by atoms with Crippen LogP contribution in [0, 0.1) is 29.1 Å². The highest BCUT2D eigenvalue weighted by Crippen LogP contribution is 2.57. The van der Waals surface area contributed by atoms with E-state index in [1.54, 1.807) is 46.1 Å². The molecule has 2 amide bonds. The first-order valence-corrected chi connectivity index (χ1v) is 23.9. The fraction of sp³-hybridized carbons (Fsp3) is 0.583. The summed E-state index contributed by atoms with van der Waals surface area (Å²) >= 11 is 0. The van der Waals surface area contributed by atoms with Gasteiger partial charge in [-0.05, 0) is 127 Å². The van der Waals surface area contributed by atoms with Crippen LogP contribution in [0.3, 0.4) is 0 Å². The molecule has 2 saturated carbocycles. The number of fused-ring (bicyclic) bond motifs is 3. The Labute approximate surface area is 370 Å². The van der Waals surface area contributed by atoms with E-state index in [2.05, 4.69) is 11.6 Å². The maximum Gasteiger partial charge on any atom is 0.307 e. The third-order valence-electron chi connectivity index (χ3n) is 12.6. The number of benzene rings is 2. The fourth-order valence-corrected chi connectivity index (χ4v) is 10.5. The van der Waals surface area contributed by atoms with Gasteiger partial charge in [-0.1, -0.05) is 26.0 Å². The lowest BCUT2D eigenvalue weighted by Crippen LogP contribution is -2.47. The summed E-state index contributed by atoms with van der Waals surface area (Å²) in [4.78, 5) is 68.7. The summed E-state index contributed by atoms with van der Waals surface area (Å²) in [6.07, 6.45) is 6.27. The molecule has 1 aromatic heterocycles. The van der Waals surface area contributed by atoms with Crippen LogP contribution in [0.5, 0.6) is 17.4 Å². The van der Waals surface area contributed by atoms with E-state index in [-0.39, 0.29) is 67.2 Å². The number of nitrogens with one attached hydrogen (secondary N) is 1. The number of ketones is 1. The molecule has 340 valence electrons. The van der Waals surface area contributed by atoms with Gasteiger partial charge in [0.2, 0.25) is 27.7 Å². The lowest BCUT2D eigenvalue weighted by molar-refractivity contribution is -0.160. The monoisotopic (exact) mass is 886 g/mol. The summed E-state index contributed by atoms with van der Waals surface area (Å²) in [6.45, 7) is 13.3. The summed E-state index contributed by atoms with van der Waals surface area (Å²) < 4.78 is 52.3. The topological polar surface area (TPSA) is 180 Å². The van der Waals surface area contributed by atoms with Crippen molar-refractivity contribution in [1.29, 1.82) is 0 Å². The van der Waals surface area contributed by atoms with Crippen LogP contribution in [0.25, 0.3) is 22.3 Å². The molecule has 1 saturated heterocycles. The molecule has 2 aliphatic heterocycles. The van der Waals surface area contributed by atoms with E-state index < -0.39 is 56.2 Å². The Balaban J connectivity index is 1.25. The van der Waals surface area contributed by atoms with Gasteiger partial charge in [-0.2, -0.15) is 4.98 Å². The Morgan fingerprint density at radius 2 is 1.70 bits per heavy atom. The van der Waals surface area contributed by atoms with Crippen LogP contribution in [-0.4, -0.2) is 89.6 Å². The summed E-state index contributed by atoms with van der Waals surface area (Å²) in [6, 6.07) is 11.7. The Kier molecular flexibility index (Phi) is 13.3. The summed E-state index contributed by atoms with van der Waals surface area (Å²) in [5.74, 6) is -1.27. The van der Waals surface area contributed by atoms with Crippen molar-refractivity contribution in [2.24, 2.45) is 29.1 Å². The number of esters is 1. The van der Waals surface area contributed by atoms with E-state index in [1.165, 1.54) is 4.90 Å². The van der Waals surface area contributed by atoms with Crippen molar-refractivity contribution in [3.05, 3.63) is 54.6 Å². The third kappa shape index (κ3) is 10.8. The van der Waals surface area contributed by atoms with Gasteiger partial charge in [0.1, 0.15) is 23.2 Å². The number of sulfonamides is 1. The third-order valence-corrected chi connectivity index (χ3v) is 14.4. The molecule has 7 rings (SSSR count). The average Bonchev–Trinajstić information content (AvgIpc) is 4.14. The van der Waals surface area contributed by atoms with Gasteiger partial charge in [-0.3, -0.25) is 23.9 Å². The molecule has 3 aromatic rings. The predicted molar refractivity (Wildman–Crippen MR) is 237 cm³/mol. The fourth-order valence-electron chi connectivity index (χ4n) is 9.09. The highest BCUT2D eigenvalue weighted by molar-refractivity contribution is 7.90. The second-order valence-electron chi connectivity index (χ2n) is 19.4. The van der Waals surface area contributed by atoms with Crippen LogP contribution in [0.1, 0.15) is 106 Å². The lowest BCUT2D eigenvalue weighted by atomic mass is 9.82. The number of hydrogen-bond donors (Lipinski definition) is 1. The number of amides is 2. The van der Waals surface area contributed by atoms with Crippen molar-refractivity contribution in [1.82, 2.24) is 19.6 Å². The molecule has 0 bridgehead atoms. The van der Waals surface area contributed by atoms with Crippen molar-refractivity contribution in [2.75, 3.05) is 13.7 Å². The maximum absolute atomic E-state index is 15.1. The molecule has 7 atom stereocenters. The summed E-state index contributed by atoms with van der Waals surface area (Å²) in [5.41, 5.74) is -0.799. The van der Waals surface area contributed by atoms with Gasteiger partial charge in [0.15, 0.2) is 11.6 Å². The van der Waals surface area contributed by atoms with Crippen molar-refractivity contribution in [3.8, 4) is 28.8 Å². The SMILES string of the molecule is COc1ccc2c(O[C@@H]3C[C@H]4C(=O)C[C@]5(C(=O)NS(=O)(=O)C6CC6)C[C@H]5/C=C\CC[C@@H](C)C[C@@H](C)[C@H](CC(=O)OC(C)(C)C)C(=O)N4C3)nc(-c3ccc(OC(C)C)cc3)nc2c1. The van der Waals surface area contributed by atoms with Crippen molar-refractivity contribution >= 4 is 44.5 Å². The highest BCUT2D eigenvalue weighted by atomic mass is 32.2. The van der Waals surface area contributed by atoms with Crippen LogP contribution in [0.4, 0.5) is 0 Å². The van der Waals surface area contributed by atoms with Gasteiger partial charge in [0, 0.05) is 24.5 Å². The zero-order chi connectivity index (χ0) is 45.4. The zero-order valence-corrected chi connectivity index (χ0v) is 38.5. The first-order valence-electron chi connectivity index (χ1n) is 22.3. The second-order valence-corrected chi connectivity index (χ2v) is 21.4. The minimum atomic E-state index is -3.89. The minimum absolute atomic E-state index is 0.000852. The zero-order valence-electron chi connectivity index (χ0n) is 37.7. The molecular formula is C48H62N4O10S. The van der Waals surface area contributed by atoms with Gasteiger partial charge in [0.05, 0.1) is 59.7 Å². The van der Waals surface area contributed by atoms with Crippen LogP contribution in [0.2, 0.25) is 0 Å². The number of allylic oxidation sites excluding steroid dienone is 2. The van der Waals surface area contributed by atoms with E-state index >= 15 is 4.79 Å². The number of nitrogens with zero attached hydrogens (tertiary/aromatic N) is 3. The normalized spacial score (nSPS) is 27.4. The van der Waals surface area contributed by atoms with Crippen LogP contribution < -0.4 is 18.9 Å². The molecule has 0 spiro atoms. The first-order chi connectivity index (χ1) is 29.7. The Morgan fingerprint density at radius 1 is 0.984 bits per heavy atom. The van der Waals surface area contributed by atoms with Crippen LogP contribution in [-0.2, 0) is 33.9 Å². The average molecular weight is 887 g/mol. The number of carbonyl (C=O) groups is 4. The number of hydrogen-bond acceptors (Lipinski definition) is 12. The molecule has 15 heteroatoms. The lowest BCUT2D eigenvalue weighted by Gasteiger charge is -2.32. The van der Waals surface area contributed by atoms with Gasteiger partial charge in [0.25, 0.3) is 0 Å². The van der Waals surface area contributed by atoms with Crippen molar-refractivity contribution in [2.45, 2.75) is 135 Å². The van der Waals surface area contributed by atoms with Gasteiger partial charge < -0.3 is 23.8 Å².